The van der Waals surface area contributed by atoms with Crippen LogP contribution in [0.5, 0.6) is 0 Å². The van der Waals surface area contributed by atoms with Crippen molar-refractivity contribution in [3.8, 4) is 0 Å². The Labute approximate surface area is 151 Å². The van der Waals surface area contributed by atoms with Crippen LogP contribution in [0.25, 0.3) is 0 Å². The smallest absolute Gasteiger partial charge is 0.227 e. The molecule has 2 rings (SSSR count). The quantitative estimate of drug-likeness (QED) is 0.795. The largest absolute Gasteiger partial charge is 0.349 e. The molecule has 1 aliphatic rings. The standard InChI is InChI=1S/C20H31N3O2/c1-3-20(4-2,15-21)22-19(25)17-11-8-12-23(14-17)18(24)13-16-9-6-5-7-10-16/h5-7,9-10,17H,3-4,8,11-15,21H2,1-2H3,(H,22,25). The highest BCUT2D eigenvalue weighted by Crippen LogP contribution is 2.21. The van der Waals surface area contributed by atoms with E-state index in [0.29, 0.717) is 19.5 Å². The first-order valence-corrected chi connectivity index (χ1v) is 9.37. The highest BCUT2D eigenvalue weighted by Gasteiger charge is 2.33. The lowest BCUT2D eigenvalue weighted by atomic mass is 9.90. The van der Waals surface area contributed by atoms with Gasteiger partial charge in [0.2, 0.25) is 11.8 Å². The molecule has 25 heavy (non-hydrogen) atoms. The van der Waals surface area contributed by atoms with Crippen LogP contribution in [-0.4, -0.2) is 41.9 Å². The molecule has 3 N–H and O–H groups in total. The number of nitrogens with two attached hydrogens (primary N) is 1. The van der Waals surface area contributed by atoms with Gasteiger partial charge in [-0.05, 0) is 31.2 Å². The maximum Gasteiger partial charge on any atom is 0.227 e. The summed E-state index contributed by atoms with van der Waals surface area (Å²) in [6.45, 7) is 5.78. The van der Waals surface area contributed by atoms with E-state index in [1.54, 1.807) is 0 Å². The molecule has 0 aliphatic carbocycles. The number of hydrogen-bond donors (Lipinski definition) is 2. The zero-order valence-corrected chi connectivity index (χ0v) is 15.5. The lowest BCUT2D eigenvalue weighted by Gasteiger charge is -2.36. The van der Waals surface area contributed by atoms with Crippen molar-refractivity contribution >= 4 is 11.8 Å². The van der Waals surface area contributed by atoms with E-state index < -0.39 is 0 Å². The van der Waals surface area contributed by atoms with Crippen molar-refractivity contribution in [2.45, 2.75) is 51.5 Å². The van der Waals surface area contributed by atoms with Crippen molar-refractivity contribution in [2.75, 3.05) is 19.6 Å². The summed E-state index contributed by atoms with van der Waals surface area (Å²) in [5.74, 6) is -0.0105. The Morgan fingerprint density at radius 3 is 2.52 bits per heavy atom. The summed E-state index contributed by atoms with van der Waals surface area (Å²) in [6, 6.07) is 9.75. The van der Waals surface area contributed by atoms with Crippen molar-refractivity contribution in [2.24, 2.45) is 11.7 Å². The van der Waals surface area contributed by atoms with Gasteiger partial charge >= 0.3 is 0 Å². The number of rotatable bonds is 7. The summed E-state index contributed by atoms with van der Waals surface area (Å²) < 4.78 is 0. The minimum absolute atomic E-state index is 0.0337. The molecule has 1 saturated heterocycles. The molecule has 138 valence electrons. The van der Waals surface area contributed by atoms with Gasteiger partial charge in [-0.25, -0.2) is 0 Å². The third-order valence-electron chi connectivity index (χ3n) is 5.48. The van der Waals surface area contributed by atoms with E-state index in [1.165, 1.54) is 0 Å². The zero-order valence-electron chi connectivity index (χ0n) is 15.5. The van der Waals surface area contributed by atoms with Crippen LogP contribution < -0.4 is 11.1 Å². The van der Waals surface area contributed by atoms with Crippen LogP contribution in [-0.2, 0) is 16.0 Å². The second-order valence-electron chi connectivity index (χ2n) is 7.02. The van der Waals surface area contributed by atoms with Crippen LogP contribution in [0.4, 0.5) is 0 Å². The first-order valence-electron chi connectivity index (χ1n) is 9.37. The summed E-state index contributed by atoms with van der Waals surface area (Å²) >= 11 is 0. The molecular formula is C20H31N3O2. The number of likely N-dealkylation sites (tertiary alicyclic amines) is 1. The molecule has 1 heterocycles. The highest BCUT2D eigenvalue weighted by molar-refractivity contribution is 5.82. The molecule has 0 spiro atoms. The van der Waals surface area contributed by atoms with Crippen LogP contribution in [0.15, 0.2) is 30.3 Å². The topological polar surface area (TPSA) is 75.4 Å². The van der Waals surface area contributed by atoms with Gasteiger partial charge in [0.15, 0.2) is 0 Å². The van der Waals surface area contributed by atoms with Crippen LogP contribution >= 0.6 is 0 Å². The number of benzene rings is 1. The molecule has 1 unspecified atom stereocenters. The molecule has 0 bridgehead atoms. The van der Waals surface area contributed by atoms with Crippen LogP contribution in [0.2, 0.25) is 0 Å². The van der Waals surface area contributed by atoms with E-state index >= 15 is 0 Å². The minimum atomic E-state index is -0.326. The fraction of sp³-hybridized carbons (Fsp3) is 0.600. The fourth-order valence-electron chi connectivity index (χ4n) is 3.43. The van der Waals surface area contributed by atoms with Gasteiger partial charge in [0.25, 0.3) is 0 Å². The summed E-state index contributed by atoms with van der Waals surface area (Å²) in [6.07, 6.45) is 3.72. The highest BCUT2D eigenvalue weighted by atomic mass is 16.2. The second kappa shape index (κ2) is 8.99. The van der Waals surface area contributed by atoms with E-state index in [0.717, 1.165) is 37.8 Å². The van der Waals surface area contributed by atoms with Gasteiger partial charge in [-0.3, -0.25) is 9.59 Å². The molecule has 1 atom stereocenters. The zero-order chi connectivity index (χ0) is 18.3. The van der Waals surface area contributed by atoms with Gasteiger partial charge in [0.05, 0.1) is 17.9 Å². The van der Waals surface area contributed by atoms with Crippen LogP contribution in [0, 0.1) is 5.92 Å². The van der Waals surface area contributed by atoms with E-state index in [9.17, 15) is 9.59 Å². The Morgan fingerprint density at radius 1 is 1.24 bits per heavy atom. The van der Waals surface area contributed by atoms with Gasteiger partial charge in [-0.1, -0.05) is 44.2 Å². The molecule has 1 aliphatic heterocycles. The van der Waals surface area contributed by atoms with Gasteiger partial charge in [0.1, 0.15) is 0 Å². The van der Waals surface area contributed by atoms with E-state index in [-0.39, 0.29) is 23.3 Å². The van der Waals surface area contributed by atoms with E-state index in [2.05, 4.69) is 5.32 Å². The normalized spacial score (nSPS) is 18.0. The number of amides is 2. The summed E-state index contributed by atoms with van der Waals surface area (Å²) in [7, 11) is 0. The Balaban J connectivity index is 1.95. The maximum absolute atomic E-state index is 12.7. The summed E-state index contributed by atoms with van der Waals surface area (Å²) in [4.78, 5) is 27.1. The summed E-state index contributed by atoms with van der Waals surface area (Å²) in [5, 5.41) is 3.16. The van der Waals surface area contributed by atoms with Gasteiger partial charge in [0, 0.05) is 19.6 Å². The molecule has 5 heteroatoms. The van der Waals surface area contributed by atoms with Crippen LogP contribution in [0.3, 0.4) is 0 Å². The third kappa shape index (κ3) is 5.05. The predicted molar refractivity (Wildman–Crippen MR) is 100.0 cm³/mol. The van der Waals surface area contributed by atoms with Gasteiger partial charge in [-0.2, -0.15) is 0 Å². The Kier molecular flexibility index (Phi) is 7.00. The minimum Gasteiger partial charge on any atom is -0.349 e. The van der Waals surface area contributed by atoms with Crippen molar-refractivity contribution in [3.63, 3.8) is 0 Å². The monoisotopic (exact) mass is 345 g/mol. The number of carbonyl (C=O) groups is 2. The number of hydrogen-bond acceptors (Lipinski definition) is 3. The lowest BCUT2D eigenvalue weighted by molar-refractivity contribution is -0.135. The molecular weight excluding hydrogens is 314 g/mol. The number of carbonyl (C=O) groups excluding carboxylic acids is 2. The Bertz CT molecular complexity index is 561. The van der Waals surface area contributed by atoms with Gasteiger partial charge in [-0.15, -0.1) is 0 Å². The molecule has 5 nitrogen and oxygen atoms in total. The van der Waals surface area contributed by atoms with Crippen molar-refractivity contribution in [1.82, 2.24) is 10.2 Å². The predicted octanol–water partition coefficient (Wildman–Crippen LogP) is 2.10. The summed E-state index contributed by atoms with van der Waals surface area (Å²) in [5.41, 5.74) is 6.58. The second-order valence-corrected chi connectivity index (χ2v) is 7.02. The molecule has 1 aromatic carbocycles. The van der Waals surface area contributed by atoms with Gasteiger partial charge < -0.3 is 16.0 Å². The van der Waals surface area contributed by atoms with Crippen molar-refractivity contribution < 1.29 is 9.59 Å². The first-order chi connectivity index (χ1) is 12.0. The van der Waals surface area contributed by atoms with E-state index in [1.807, 2.05) is 49.1 Å². The molecule has 0 saturated carbocycles. The van der Waals surface area contributed by atoms with Crippen LogP contribution in [0.1, 0.15) is 45.1 Å². The average molecular weight is 345 g/mol. The molecule has 0 radical (unpaired) electrons. The molecule has 2 amide bonds. The number of nitrogens with zero attached hydrogens (tertiary/aromatic N) is 1. The molecule has 1 aromatic rings. The lowest BCUT2D eigenvalue weighted by Crippen LogP contribution is -2.56. The molecule has 1 fully saturated rings. The third-order valence-corrected chi connectivity index (χ3v) is 5.48. The van der Waals surface area contributed by atoms with Crippen molar-refractivity contribution in [1.29, 1.82) is 0 Å². The maximum atomic E-state index is 12.7. The fourth-order valence-corrected chi connectivity index (χ4v) is 3.43. The van der Waals surface area contributed by atoms with E-state index in [4.69, 9.17) is 5.73 Å². The molecule has 0 aromatic heterocycles. The Morgan fingerprint density at radius 2 is 1.92 bits per heavy atom. The average Bonchev–Trinajstić information content (AvgIpc) is 2.67. The first kappa shape index (κ1) is 19.4. The Hall–Kier alpha value is -1.88. The number of nitrogens with one attached hydrogen (secondary N) is 1. The number of piperidine rings is 1. The van der Waals surface area contributed by atoms with Crippen molar-refractivity contribution in [3.05, 3.63) is 35.9 Å². The SMILES string of the molecule is CCC(CC)(CN)NC(=O)C1CCCN(C(=O)Cc2ccccc2)C1.